The number of hydrogen-bond acceptors (Lipinski definition) is 4. The van der Waals surface area contributed by atoms with Crippen molar-refractivity contribution < 1.29 is 14.3 Å². The second-order valence-electron chi connectivity index (χ2n) is 4.36. The maximum atomic E-state index is 11.2. The van der Waals surface area contributed by atoms with Gasteiger partial charge in [-0.15, -0.1) is 0 Å². The van der Waals surface area contributed by atoms with Gasteiger partial charge in [-0.25, -0.2) is 0 Å². The molecule has 0 aliphatic rings. The summed E-state index contributed by atoms with van der Waals surface area (Å²) in [7, 11) is 1.66. The van der Waals surface area contributed by atoms with Gasteiger partial charge in [-0.05, 0) is 44.5 Å². The summed E-state index contributed by atoms with van der Waals surface area (Å²) in [5.74, 6) is 0.736. The van der Waals surface area contributed by atoms with Crippen LogP contribution in [-0.4, -0.2) is 26.2 Å². The molecule has 106 valence electrons. The number of benzene rings is 1. The highest BCUT2D eigenvalue weighted by Crippen LogP contribution is 2.17. The Morgan fingerprint density at radius 1 is 1.32 bits per heavy atom. The van der Waals surface area contributed by atoms with Crippen LogP contribution in [0.1, 0.15) is 38.3 Å². The fourth-order valence-corrected chi connectivity index (χ4v) is 1.79. The van der Waals surface area contributed by atoms with E-state index in [2.05, 4.69) is 12.2 Å². The molecule has 4 heteroatoms. The van der Waals surface area contributed by atoms with Crippen LogP contribution in [0, 0.1) is 0 Å². The maximum absolute atomic E-state index is 11.2. The molecule has 4 nitrogen and oxygen atoms in total. The second kappa shape index (κ2) is 8.53. The van der Waals surface area contributed by atoms with Crippen LogP contribution in [0.2, 0.25) is 0 Å². The molecule has 0 spiro atoms. The van der Waals surface area contributed by atoms with Gasteiger partial charge in [0.1, 0.15) is 5.75 Å². The van der Waals surface area contributed by atoms with Gasteiger partial charge in [0.05, 0.1) is 13.7 Å². The Morgan fingerprint density at radius 2 is 2.00 bits per heavy atom. The molecule has 0 saturated carbocycles. The lowest BCUT2D eigenvalue weighted by molar-refractivity contribution is -0.143. The van der Waals surface area contributed by atoms with Crippen molar-refractivity contribution in [3.8, 4) is 5.75 Å². The van der Waals surface area contributed by atoms with Crippen molar-refractivity contribution in [3.63, 3.8) is 0 Å². The summed E-state index contributed by atoms with van der Waals surface area (Å²) in [6.45, 7) is 5.18. The first-order chi connectivity index (χ1) is 9.17. The predicted octanol–water partition coefficient (Wildman–Crippen LogP) is 2.69. The molecule has 0 aliphatic heterocycles. The van der Waals surface area contributed by atoms with Crippen molar-refractivity contribution in [1.82, 2.24) is 5.32 Å². The lowest BCUT2D eigenvalue weighted by Crippen LogP contribution is -2.20. The highest BCUT2D eigenvalue weighted by atomic mass is 16.5. The summed E-state index contributed by atoms with van der Waals surface area (Å²) < 4.78 is 10.0. The van der Waals surface area contributed by atoms with Gasteiger partial charge >= 0.3 is 5.97 Å². The van der Waals surface area contributed by atoms with Crippen LogP contribution < -0.4 is 10.1 Å². The molecule has 0 saturated heterocycles. The molecule has 1 unspecified atom stereocenters. The van der Waals surface area contributed by atoms with Crippen LogP contribution in [0.5, 0.6) is 5.75 Å². The Hall–Kier alpha value is -1.55. The van der Waals surface area contributed by atoms with Gasteiger partial charge in [0.15, 0.2) is 0 Å². The average Bonchev–Trinajstić information content (AvgIpc) is 2.44. The van der Waals surface area contributed by atoms with E-state index < -0.39 is 0 Å². The zero-order valence-corrected chi connectivity index (χ0v) is 11.9. The van der Waals surface area contributed by atoms with E-state index in [9.17, 15) is 4.79 Å². The van der Waals surface area contributed by atoms with E-state index >= 15 is 0 Å². The highest BCUT2D eigenvalue weighted by molar-refractivity contribution is 5.69. The number of carbonyl (C=O) groups excluding carboxylic acids is 1. The monoisotopic (exact) mass is 265 g/mol. The standard InChI is InChI=1S/C15H23NO3/c1-4-19-15(17)6-5-11-16-12(2)13-7-9-14(18-3)10-8-13/h7-10,12,16H,4-6,11H2,1-3H3. The predicted molar refractivity (Wildman–Crippen MR) is 75.3 cm³/mol. The summed E-state index contributed by atoms with van der Waals surface area (Å²) in [5, 5.41) is 3.39. The van der Waals surface area contributed by atoms with Gasteiger partial charge in [0.25, 0.3) is 0 Å². The Bertz CT molecular complexity index is 375. The maximum Gasteiger partial charge on any atom is 0.305 e. The largest absolute Gasteiger partial charge is 0.497 e. The fraction of sp³-hybridized carbons (Fsp3) is 0.533. The molecule has 0 amide bonds. The first-order valence-electron chi connectivity index (χ1n) is 6.70. The van der Waals surface area contributed by atoms with E-state index in [0.717, 1.165) is 18.7 Å². The molecule has 1 atom stereocenters. The van der Waals surface area contributed by atoms with Crippen molar-refractivity contribution in [1.29, 1.82) is 0 Å². The summed E-state index contributed by atoms with van der Waals surface area (Å²) in [5.41, 5.74) is 1.21. The van der Waals surface area contributed by atoms with Gasteiger partial charge in [0, 0.05) is 12.5 Å². The van der Waals surface area contributed by atoms with Crippen LogP contribution in [0.3, 0.4) is 0 Å². The van der Waals surface area contributed by atoms with Crippen molar-refractivity contribution in [2.45, 2.75) is 32.7 Å². The second-order valence-corrected chi connectivity index (χ2v) is 4.36. The van der Waals surface area contributed by atoms with Crippen LogP contribution in [-0.2, 0) is 9.53 Å². The Balaban J connectivity index is 2.26. The van der Waals surface area contributed by atoms with Gasteiger partial charge in [-0.2, -0.15) is 0 Å². The molecular weight excluding hydrogens is 242 g/mol. The number of esters is 1. The van der Waals surface area contributed by atoms with Crippen LogP contribution >= 0.6 is 0 Å². The lowest BCUT2D eigenvalue weighted by Gasteiger charge is -2.14. The number of ether oxygens (including phenoxy) is 2. The summed E-state index contributed by atoms with van der Waals surface area (Å²) in [6.07, 6.45) is 1.26. The Labute approximate surface area is 115 Å². The quantitative estimate of drug-likeness (QED) is 0.580. The summed E-state index contributed by atoms with van der Waals surface area (Å²) >= 11 is 0. The minimum Gasteiger partial charge on any atom is -0.497 e. The Morgan fingerprint density at radius 3 is 2.58 bits per heavy atom. The number of rotatable bonds is 8. The van der Waals surface area contributed by atoms with Crippen LogP contribution in [0.4, 0.5) is 0 Å². The van der Waals surface area contributed by atoms with E-state index in [4.69, 9.17) is 9.47 Å². The van der Waals surface area contributed by atoms with E-state index in [0.29, 0.717) is 13.0 Å². The zero-order valence-electron chi connectivity index (χ0n) is 11.9. The third kappa shape index (κ3) is 5.75. The topological polar surface area (TPSA) is 47.6 Å². The number of carbonyl (C=O) groups is 1. The smallest absolute Gasteiger partial charge is 0.305 e. The number of hydrogen-bond donors (Lipinski definition) is 1. The van der Waals surface area contributed by atoms with Crippen LogP contribution in [0.25, 0.3) is 0 Å². The minimum atomic E-state index is -0.124. The molecule has 0 heterocycles. The molecule has 1 rings (SSSR count). The van der Waals surface area contributed by atoms with Crippen molar-refractivity contribution in [2.24, 2.45) is 0 Å². The number of methoxy groups -OCH3 is 1. The third-order valence-corrected chi connectivity index (χ3v) is 2.93. The first kappa shape index (κ1) is 15.5. The molecule has 19 heavy (non-hydrogen) atoms. The molecule has 1 N–H and O–H groups in total. The van der Waals surface area contributed by atoms with E-state index in [1.807, 2.05) is 31.2 Å². The highest BCUT2D eigenvalue weighted by Gasteiger charge is 2.06. The summed E-state index contributed by atoms with van der Waals surface area (Å²) in [4.78, 5) is 11.2. The molecule has 0 aromatic heterocycles. The van der Waals surface area contributed by atoms with Crippen molar-refractivity contribution in [3.05, 3.63) is 29.8 Å². The zero-order chi connectivity index (χ0) is 14.1. The molecule has 1 aromatic carbocycles. The van der Waals surface area contributed by atoms with Crippen molar-refractivity contribution >= 4 is 5.97 Å². The molecule has 1 aromatic rings. The molecular formula is C15H23NO3. The van der Waals surface area contributed by atoms with Gasteiger partial charge < -0.3 is 14.8 Å². The van der Waals surface area contributed by atoms with Gasteiger partial charge in [-0.1, -0.05) is 12.1 Å². The van der Waals surface area contributed by atoms with Crippen molar-refractivity contribution in [2.75, 3.05) is 20.3 Å². The third-order valence-electron chi connectivity index (χ3n) is 2.93. The SMILES string of the molecule is CCOC(=O)CCCNC(C)c1ccc(OC)cc1. The normalized spacial score (nSPS) is 11.9. The first-order valence-corrected chi connectivity index (χ1v) is 6.70. The van der Waals surface area contributed by atoms with E-state index in [1.54, 1.807) is 7.11 Å². The summed E-state index contributed by atoms with van der Waals surface area (Å²) in [6, 6.07) is 8.25. The molecule has 0 radical (unpaired) electrons. The van der Waals surface area contributed by atoms with E-state index in [1.165, 1.54) is 5.56 Å². The Kier molecular flexibility index (Phi) is 6.97. The number of nitrogens with one attached hydrogen (secondary N) is 1. The molecule has 0 bridgehead atoms. The van der Waals surface area contributed by atoms with Gasteiger partial charge in [-0.3, -0.25) is 4.79 Å². The molecule has 0 aliphatic carbocycles. The van der Waals surface area contributed by atoms with Crippen LogP contribution in [0.15, 0.2) is 24.3 Å². The van der Waals surface area contributed by atoms with E-state index in [-0.39, 0.29) is 12.0 Å². The lowest BCUT2D eigenvalue weighted by atomic mass is 10.1. The minimum absolute atomic E-state index is 0.124. The van der Waals surface area contributed by atoms with Gasteiger partial charge in [0.2, 0.25) is 0 Å². The average molecular weight is 265 g/mol. The molecule has 0 fully saturated rings. The fourth-order valence-electron chi connectivity index (χ4n) is 1.79.